The number of rotatable bonds is 12. The molecule has 3 aromatic rings. The molecule has 0 spiro atoms. The summed E-state index contributed by atoms with van der Waals surface area (Å²) in [6.45, 7) is 4.59. The van der Waals surface area contributed by atoms with Crippen LogP contribution in [-0.4, -0.2) is 36.3 Å². The van der Waals surface area contributed by atoms with E-state index in [-0.39, 0.29) is 5.91 Å². The zero-order valence-electron chi connectivity index (χ0n) is 16.9. The minimum atomic E-state index is -0.138. The number of ether oxygens (including phenoxy) is 2. The van der Waals surface area contributed by atoms with E-state index in [9.17, 15) is 4.79 Å². The molecule has 0 saturated carbocycles. The third-order valence-electron chi connectivity index (χ3n) is 4.35. The Kier molecular flexibility index (Phi) is 8.02. The summed E-state index contributed by atoms with van der Waals surface area (Å²) >= 11 is 1.59. The lowest BCUT2D eigenvalue weighted by atomic mass is 10.1. The van der Waals surface area contributed by atoms with Crippen LogP contribution in [0.25, 0.3) is 10.7 Å². The van der Waals surface area contributed by atoms with Gasteiger partial charge in [0.05, 0.1) is 12.0 Å². The monoisotopic (exact) mass is 427 g/mol. The molecule has 0 atom stereocenters. The van der Waals surface area contributed by atoms with Crippen molar-refractivity contribution in [2.45, 2.75) is 25.7 Å². The molecule has 2 aromatic heterocycles. The van der Waals surface area contributed by atoms with Gasteiger partial charge in [-0.05, 0) is 42.5 Å². The van der Waals surface area contributed by atoms with Gasteiger partial charge in [-0.2, -0.15) is 4.98 Å². The molecular formula is C22H25N3O4S. The summed E-state index contributed by atoms with van der Waals surface area (Å²) in [5, 5.41) is 8.93. The van der Waals surface area contributed by atoms with E-state index < -0.39 is 0 Å². The SMILES string of the molecule is C=CCOc1ccc(C(=O)NCCCCCc2nc(-c3cccs3)no2)cc1OC. The summed E-state index contributed by atoms with van der Waals surface area (Å²) in [5.74, 6) is 2.25. The number of carbonyl (C=O) groups is 1. The van der Waals surface area contributed by atoms with Gasteiger partial charge >= 0.3 is 0 Å². The first-order valence-electron chi connectivity index (χ1n) is 9.77. The van der Waals surface area contributed by atoms with E-state index >= 15 is 0 Å². The van der Waals surface area contributed by atoms with Crippen molar-refractivity contribution in [1.82, 2.24) is 15.5 Å². The number of thiophene rings is 1. The average molecular weight is 428 g/mol. The van der Waals surface area contributed by atoms with Crippen LogP contribution in [-0.2, 0) is 6.42 Å². The molecule has 0 bridgehead atoms. The standard InChI is InChI=1S/C22H25N3O4S/c1-3-13-28-17-11-10-16(15-18(17)27-2)22(26)23-12-6-4-5-9-20-24-21(25-29-20)19-8-7-14-30-19/h3,7-8,10-11,14-15H,1,4-6,9,12-13H2,2H3,(H,23,26). The van der Waals surface area contributed by atoms with E-state index in [1.54, 1.807) is 42.7 Å². The van der Waals surface area contributed by atoms with Gasteiger partial charge in [0.2, 0.25) is 11.7 Å². The molecule has 1 aromatic carbocycles. The fourth-order valence-electron chi connectivity index (χ4n) is 2.82. The van der Waals surface area contributed by atoms with Crippen molar-refractivity contribution in [2.24, 2.45) is 0 Å². The van der Waals surface area contributed by atoms with E-state index in [0.29, 0.717) is 41.9 Å². The highest BCUT2D eigenvalue weighted by Crippen LogP contribution is 2.28. The van der Waals surface area contributed by atoms with Crippen molar-refractivity contribution in [2.75, 3.05) is 20.3 Å². The average Bonchev–Trinajstić information content (AvgIpc) is 3.46. The Morgan fingerprint density at radius 2 is 2.17 bits per heavy atom. The minimum absolute atomic E-state index is 0.138. The van der Waals surface area contributed by atoms with Gasteiger partial charge in [0.25, 0.3) is 5.91 Å². The summed E-state index contributed by atoms with van der Waals surface area (Å²) in [5.41, 5.74) is 0.532. The first kappa shape index (κ1) is 21.6. The quantitative estimate of drug-likeness (QED) is 0.338. The smallest absolute Gasteiger partial charge is 0.251 e. The molecule has 1 amide bonds. The Morgan fingerprint density at radius 3 is 2.93 bits per heavy atom. The molecule has 7 nitrogen and oxygen atoms in total. The third kappa shape index (κ3) is 5.93. The van der Waals surface area contributed by atoms with Crippen molar-refractivity contribution in [3.05, 3.63) is 59.8 Å². The number of nitrogens with one attached hydrogen (secondary N) is 1. The van der Waals surface area contributed by atoms with E-state index in [4.69, 9.17) is 14.0 Å². The predicted octanol–water partition coefficient (Wildman–Crippen LogP) is 4.51. The van der Waals surface area contributed by atoms with Crippen LogP contribution >= 0.6 is 11.3 Å². The molecule has 0 aliphatic carbocycles. The lowest BCUT2D eigenvalue weighted by Gasteiger charge is -2.11. The van der Waals surface area contributed by atoms with Crippen LogP contribution in [0.5, 0.6) is 11.5 Å². The second-order valence-corrected chi connectivity index (χ2v) is 7.47. The molecule has 2 heterocycles. The first-order valence-corrected chi connectivity index (χ1v) is 10.7. The molecule has 0 saturated heterocycles. The van der Waals surface area contributed by atoms with Crippen LogP contribution in [0.2, 0.25) is 0 Å². The highest BCUT2D eigenvalue weighted by Gasteiger charge is 2.11. The molecule has 3 rings (SSSR count). The Labute approximate surface area is 179 Å². The maximum atomic E-state index is 12.4. The van der Waals surface area contributed by atoms with E-state index in [1.807, 2.05) is 17.5 Å². The first-order chi connectivity index (χ1) is 14.7. The van der Waals surface area contributed by atoms with Gasteiger partial charge < -0.3 is 19.3 Å². The fourth-order valence-corrected chi connectivity index (χ4v) is 3.47. The molecule has 0 fully saturated rings. The number of hydrogen-bond donors (Lipinski definition) is 1. The normalized spacial score (nSPS) is 10.6. The van der Waals surface area contributed by atoms with Crippen molar-refractivity contribution in [3.8, 4) is 22.2 Å². The predicted molar refractivity (Wildman–Crippen MR) is 116 cm³/mol. The van der Waals surface area contributed by atoms with Crippen molar-refractivity contribution >= 4 is 17.2 Å². The number of aryl methyl sites for hydroxylation is 1. The molecule has 0 aliphatic rings. The molecule has 1 N–H and O–H groups in total. The van der Waals surface area contributed by atoms with Crippen molar-refractivity contribution < 1.29 is 18.8 Å². The lowest BCUT2D eigenvalue weighted by Crippen LogP contribution is -2.24. The Hall–Kier alpha value is -3.13. The summed E-state index contributed by atoms with van der Waals surface area (Å²) in [6, 6.07) is 9.06. The summed E-state index contributed by atoms with van der Waals surface area (Å²) in [6.07, 6.45) is 5.13. The van der Waals surface area contributed by atoms with Crippen molar-refractivity contribution in [1.29, 1.82) is 0 Å². The van der Waals surface area contributed by atoms with Crippen LogP contribution in [0.15, 0.2) is 52.9 Å². The molecule has 8 heteroatoms. The number of hydrogen-bond acceptors (Lipinski definition) is 7. The summed E-state index contributed by atoms with van der Waals surface area (Å²) in [4.78, 5) is 17.8. The number of amides is 1. The Bertz CT molecular complexity index is 953. The Balaban J connectivity index is 1.37. The number of benzene rings is 1. The summed E-state index contributed by atoms with van der Waals surface area (Å²) < 4.78 is 16.1. The zero-order valence-corrected chi connectivity index (χ0v) is 17.7. The second kappa shape index (κ2) is 11.2. The van der Waals surface area contributed by atoms with Gasteiger partial charge in [0.1, 0.15) is 6.61 Å². The van der Waals surface area contributed by atoms with Crippen molar-refractivity contribution in [3.63, 3.8) is 0 Å². The van der Waals surface area contributed by atoms with E-state index in [1.165, 1.54) is 0 Å². The molecular weight excluding hydrogens is 402 g/mol. The summed E-state index contributed by atoms with van der Waals surface area (Å²) in [7, 11) is 1.55. The third-order valence-corrected chi connectivity index (χ3v) is 5.21. The topological polar surface area (TPSA) is 86.5 Å². The number of nitrogens with zero attached hydrogens (tertiary/aromatic N) is 2. The Morgan fingerprint density at radius 1 is 1.27 bits per heavy atom. The maximum absolute atomic E-state index is 12.4. The van der Waals surface area contributed by atoms with E-state index in [2.05, 4.69) is 22.0 Å². The van der Waals surface area contributed by atoms with Gasteiger partial charge in [-0.15, -0.1) is 11.3 Å². The zero-order chi connectivity index (χ0) is 21.2. The van der Waals surface area contributed by atoms with E-state index in [0.717, 1.165) is 30.6 Å². The van der Waals surface area contributed by atoms with Crippen LogP contribution < -0.4 is 14.8 Å². The van der Waals surface area contributed by atoms with Crippen LogP contribution in [0.4, 0.5) is 0 Å². The van der Waals surface area contributed by atoms with Crippen LogP contribution in [0, 0.1) is 0 Å². The largest absolute Gasteiger partial charge is 0.493 e. The highest BCUT2D eigenvalue weighted by molar-refractivity contribution is 7.13. The van der Waals surface area contributed by atoms with Crippen LogP contribution in [0.3, 0.4) is 0 Å². The molecule has 0 unspecified atom stereocenters. The van der Waals surface area contributed by atoms with Gasteiger partial charge in [-0.3, -0.25) is 4.79 Å². The molecule has 158 valence electrons. The number of carbonyl (C=O) groups excluding carboxylic acids is 1. The maximum Gasteiger partial charge on any atom is 0.251 e. The number of methoxy groups -OCH3 is 1. The second-order valence-electron chi connectivity index (χ2n) is 6.52. The van der Waals surface area contributed by atoms with Gasteiger partial charge in [0, 0.05) is 18.5 Å². The molecule has 30 heavy (non-hydrogen) atoms. The number of aromatic nitrogens is 2. The fraction of sp³-hybridized carbons (Fsp3) is 0.318. The highest BCUT2D eigenvalue weighted by atomic mass is 32.1. The lowest BCUT2D eigenvalue weighted by molar-refractivity contribution is 0.0952. The molecule has 0 radical (unpaired) electrons. The number of unbranched alkanes of at least 4 members (excludes halogenated alkanes) is 2. The van der Waals surface area contributed by atoms with Gasteiger partial charge in [0.15, 0.2) is 11.5 Å². The minimum Gasteiger partial charge on any atom is -0.493 e. The van der Waals surface area contributed by atoms with Crippen LogP contribution in [0.1, 0.15) is 35.5 Å². The van der Waals surface area contributed by atoms with Gasteiger partial charge in [-0.1, -0.05) is 30.3 Å². The molecule has 0 aliphatic heterocycles. The van der Waals surface area contributed by atoms with Gasteiger partial charge in [-0.25, -0.2) is 0 Å².